The quantitative estimate of drug-likeness (QED) is 0.674. The number of imidazole rings is 1. The molecule has 0 spiro atoms. The number of aromatic hydroxyl groups is 1. The number of hydrogen-bond donors (Lipinski definition) is 2. The second-order valence-corrected chi connectivity index (χ2v) is 6.51. The van der Waals surface area contributed by atoms with E-state index in [2.05, 4.69) is 10.3 Å². The van der Waals surface area contributed by atoms with Gasteiger partial charge < -0.3 is 19.9 Å². The molecule has 28 heavy (non-hydrogen) atoms. The minimum Gasteiger partial charge on any atom is -0.504 e. The number of anilines is 1. The fourth-order valence-electron chi connectivity index (χ4n) is 3.62. The molecule has 1 aliphatic rings. The number of carbonyl (C=O) groups is 1. The van der Waals surface area contributed by atoms with Crippen LogP contribution in [0, 0.1) is 0 Å². The Morgan fingerprint density at radius 3 is 2.82 bits per heavy atom. The van der Waals surface area contributed by atoms with E-state index in [0.29, 0.717) is 23.0 Å². The maximum Gasteiger partial charge on any atom is 0.338 e. The predicted molar refractivity (Wildman–Crippen MR) is 105 cm³/mol. The third-order valence-corrected chi connectivity index (χ3v) is 4.85. The number of nitrogens with one attached hydrogen (secondary N) is 1. The standard InChI is InChI=1S/C21H21N3O4/c1-4-28-20(26)18-12(2)22-21-23-14-7-5-6-8-15(14)24(21)19(18)13-9-10-16(25)17(11-13)27-3/h5-11,19,25H,4H2,1-3H3,(H,22,23). The number of ether oxygens (including phenoxy) is 2. The van der Waals surface area contributed by atoms with Crippen molar-refractivity contribution in [3.8, 4) is 11.5 Å². The summed E-state index contributed by atoms with van der Waals surface area (Å²) in [5.74, 6) is 0.619. The van der Waals surface area contributed by atoms with E-state index >= 15 is 0 Å². The van der Waals surface area contributed by atoms with Crippen LogP contribution < -0.4 is 10.1 Å². The molecule has 7 heteroatoms. The summed E-state index contributed by atoms with van der Waals surface area (Å²) < 4.78 is 12.6. The van der Waals surface area contributed by atoms with Gasteiger partial charge in [-0.25, -0.2) is 9.78 Å². The van der Waals surface area contributed by atoms with Gasteiger partial charge >= 0.3 is 5.97 Å². The van der Waals surface area contributed by atoms with Crippen LogP contribution in [0.15, 0.2) is 53.7 Å². The number of hydrogen-bond acceptors (Lipinski definition) is 6. The fraction of sp³-hybridized carbons (Fsp3) is 0.238. The Balaban J connectivity index is 1.99. The van der Waals surface area contributed by atoms with Crippen molar-refractivity contribution in [1.82, 2.24) is 9.55 Å². The fourth-order valence-corrected chi connectivity index (χ4v) is 3.62. The smallest absolute Gasteiger partial charge is 0.338 e. The first kappa shape index (κ1) is 17.9. The number of rotatable bonds is 4. The predicted octanol–water partition coefficient (Wildman–Crippen LogP) is 3.60. The summed E-state index contributed by atoms with van der Waals surface area (Å²) >= 11 is 0. The van der Waals surface area contributed by atoms with Gasteiger partial charge in [-0.2, -0.15) is 0 Å². The number of esters is 1. The molecule has 0 radical (unpaired) electrons. The number of allylic oxidation sites excluding steroid dienone is 1. The second-order valence-electron chi connectivity index (χ2n) is 6.51. The second kappa shape index (κ2) is 6.92. The van der Waals surface area contributed by atoms with Crippen LogP contribution in [0.1, 0.15) is 25.5 Å². The summed E-state index contributed by atoms with van der Waals surface area (Å²) in [5, 5.41) is 13.2. The molecule has 2 heterocycles. The Morgan fingerprint density at radius 2 is 2.07 bits per heavy atom. The number of aromatic nitrogens is 2. The highest BCUT2D eigenvalue weighted by Crippen LogP contribution is 2.41. The number of phenolic OH excluding ortho intramolecular Hbond substituents is 1. The van der Waals surface area contributed by atoms with Gasteiger partial charge in [0, 0.05) is 5.70 Å². The van der Waals surface area contributed by atoms with Gasteiger partial charge in [-0.05, 0) is 43.7 Å². The topological polar surface area (TPSA) is 85.6 Å². The van der Waals surface area contributed by atoms with Gasteiger partial charge in [0.1, 0.15) is 0 Å². The van der Waals surface area contributed by atoms with Gasteiger partial charge in [-0.1, -0.05) is 18.2 Å². The van der Waals surface area contributed by atoms with E-state index in [1.807, 2.05) is 35.8 Å². The molecule has 1 unspecified atom stereocenters. The van der Waals surface area contributed by atoms with Crippen molar-refractivity contribution in [1.29, 1.82) is 0 Å². The van der Waals surface area contributed by atoms with Crippen molar-refractivity contribution < 1.29 is 19.4 Å². The first-order chi connectivity index (χ1) is 13.5. The average molecular weight is 379 g/mol. The molecule has 4 rings (SSSR count). The van der Waals surface area contributed by atoms with Crippen molar-refractivity contribution in [2.45, 2.75) is 19.9 Å². The Kier molecular flexibility index (Phi) is 4.43. The number of fused-ring (bicyclic) bond motifs is 3. The molecular weight excluding hydrogens is 358 g/mol. The van der Waals surface area contributed by atoms with Crippen LogP contribution in [-0.2, 0) is 9.53 Å². The van der Waals surface area contributed by atoms with Crippen LogP contribution >= 0.6 is 0 Å². The van der Waals surface area contributed by atoms with E-state index in [4.69, 9.17) is 9.47 Å². The number of para-hydroxylation sites is 2. The molecule has 1 aromatic heterocycles. The molecule has 0 saturated heterocycles. The van der Waals surface area contributed by atoms with E-state index in [0.717, 1.165) is 16.6 Å². The van der Waals surface area contributed by atoms with Crippen LogP contribution in [0.5, 0.6) is 11.5 Å². The molecule has 1 aliphatic heterocycles. The molecule has 2 N–H and O–H groups in total. The molecule has 1 atom stereocenters. The highest BCUT2D eigenvalue weighted by molar-refractivity contribution is 5.94. The molecule has 0 amide bonds. The average Bonchev–Trinajstić information content (AvgIpc) is 3.05. The summed E-state index contributed by atoms with van der Waals surface area (Å²) in [6.07, 6.45) is 0. The van der Waals surface area contributed by atoms with Gasteiger partial charge in [0.2, 0.25) is 5.95 Å². The molecule has 2 aromatic carbocycles. The normalized spacial score (nSPS) is 15.9. The van der Waals surface area contributed by atoms with Crippen molar-refractivity contribution >= 4 is 23.0 Å². The van der Waals surface area contributed by atoms with Gasteiger partial charge in [0.15, 0.2) is 11.5 Å². The SMILES string of the molecule is CCOC(=O)C1=C(C)Nc2nc3ccccc3n2C1c1ccc(O)c(OC)c1. The molecule has 3 aromatic rings. The molecule has 0 bridgehead atoms. The van der Waals surface area contributed by atoms with Crippen LogP contribution in [-0.4, -0.2) is 34.3 Å². The summed E-state index contributed by atoms with van der Waals surface area (Å²) in [7, 11) is 1.49. The third kappa shape index (κ3) is 2.76. The zero-order valence-electron chi connectivity index (χ0n) is 15.9. The number of nitrogens with zero attached hydrogens (tertiary/aromatic N) is 2. The van der Waals surface area contributed by atoms with Gasteiger partial charge in [-0.15, -0.1) is 0 Å². The Morgan fingerprint density at radius 1 is 1.29 bits per heavy atom. The maximum atomic E-state index is 12.8. The Labute approximate surface area is 162 Å². The first-order valence-electron chi connectivity index (χ1n) is 9.04. The van der Waals surface area contributed by atoms with E-state index in [9.17, 15) is 9.90 Å². The molecular formula is C21H21N3O4. The molecule has 0 fully saturated rings. The summed E-state index contributed by atoms with van der Waals surface area (Å²) in [6.45, 7) is 3.89. The van der Waals surface area contributed by atoms with E-state index in [1.165, 1.54) is 7.11 Å². The van der Waals surface area contributed by atoms with Gasteiger partial charge in [0.25, 0.3) is 0 Å². The molecule has 144 valence electrons. The number of methoxy groups -OCH3 is 1. The van der Waals surface area contributed by atoms with Crippen molar-refractivity contribution in [3.63, 3.8) is 0 Å². The summed E-state index contributed by atoms with van der Waals surface area (Å²) in [5.41, 5.74) is 3.65. The minimum absolute atomic E-state index is 0.0364. The largest absolute Gasteiger partial charge is 0.504 e. The first-order valence-corrected chi connectivity index (χ1v) is 9.04. The Bertz CT molecular complexity index is 1100. The lowest BCUT2D eigenvalue weighted by Gasteiger charge is -2.30. The van der Waals surface area contributed by atoms with Gasteiger partial charge in [-0.3, -0.25) is 4.57 Å². The van der Waals surface area contributed by atoms with Crippen molar-refractivity contribution in [2.24, 2.45) is 0 Å². The van der Waals surface area contributed by atoms with E-state index in [1.54, 1.807) is 25.1 Å². The lowest BCUT2D eigenvalue weighted by molar-refractivity contribution is -0.139. The zero-order valence-corrected chi connectivity index (χ0v) is 15.9. The molecule has 0 saturated carbocycles. The monoisotopic (exact) mass is 379 g/mol. The number of benzene rings is 2. The van der Waals surface area contributed by atoms with Gasteiger partial charge in [0.05, 0.1) is 36.4 Å². The lowest BCUT2D eigenvalue weighted by Crippen LogP contribution is -2.29. The maximum absolute atomic E-state index is 12.8. The Hall–Kier alpha value is -3.48. The zero-order chi connectivity index (χ0) is 19.8. The lowest BCUT2D eigenvalue weighted by atomic mass is 9.94. The van der Waals surface area contributed by atoms with E-state index < -0.39 is 12.0 Å². The van der Waals surface area contributed by atoms with Crippen LogP contribution in [0.3, 0.4) is 0 Å². The van der Waals surface area contributed by atoms with Crippen LogP contribution in [0.4, 0.5) is 5.95 Å². The van der Waals surface area contributed by atoms with E-state index in [-0.39, 0.29) is 12.4 Å². The van der Waals surface area contributed by atoms with Crippen molar-refractivity contribution in [2.75, 3.05) is 19.0 Å². The van der Waals surface area contributed by atoms with Crippen molar-refractivity contribution in [3.05, 3.63) is 59.3 Å². The number of phenols is 1. The molecule has 7 nitrogen and oxygen atoms in total. The minimum atomic E-state index is -0.475. The highest BCUT2D eigenvalue weighted by Gasteiger charge is 2.35. The summed E-state index contributed by atoms with van der Waals surface area (Å²) in [6, 6.07) is 12.3. The third-order valence-electron chi connectivity index (χ3n) is 4.85. The molecule has 0 aliphatic carbocycles. The highest BCUT2D eigenvalue weighted by atomic mass is 16.5. The number of carbonyl (C=O) groups excluding carboxylic acids is 1. The van der Waals surface area contributed by atoms with Crippen LogP contribution in [0.25, 0.3) is 11.0 Å². The summed E-state index contributed by atoms with van der Waals surface area (Å²) in [4.78, 5) is 17.5. The van der Waals surface area contributed by atoms with Crippen LogP contribution in [0.2, 0.25) is 0 Å².